The second kappa shape index (κ2) is 8.30. The lowest BCUT2D eigenvalue weighted by Gasteiger charge is -2.07. The summed E-state index contributed by atoms with van der Waals surface area (Å²) in [7, 11) is 0. The highest BCUT2D eigenvalue weighted by Gasteiger charge is 2.09. The van der Waals surface area contributed by atoms with E-state index in [1.54, 1.807) is 12.3 Å². The molecule has 3 aromatic rings. The van der Waals surface area contributed by atoms with Gasteiger partial charge in [-0.2, -0.15) is 0 Å². The van der Waals surface area contributed by atoms with Crippen molar-refractivity contribution < 1.29 is 18.3 Å². The summed E-state index contributed by atoms with van der Waals surface area (Å²) in [4.78, 5) is 28.8. The summed E-state index contributed by atoms with van der Waals surface area (Å²) in [6, 6.07) is 8.50. The van der Waals surface area contributed by atoms with Crippen molar-refractivity contribution >= 4 is 23.4 Å². The zero-order chi connectivity index (χ0) is 19.4. The van der Waals surface area contributed by atoms with Crippen LogP contribution in [0.1, 0.15) is 17.7 Å². The third-order valence-corrected chi connectivity index (χ3v) is 4.78. The molecule has 3 rings (SSSR count). The van der Waals surface area contributed by atoms with Gasteiger partial charge in [0.05, 0.1) is 12.1 Å². The Balaban J connectivity index is 1.54. The molecule has 0 spiro atoms. The number of nitrogens with zero attached hydrogens (tertiary/aromatic N) is 2. The first-order valence-corrected chi connectivity index (χ1v) is 9.14. The van der Waals surface area contributed by atoms with Crippen LogP contribution in [0.3, 0.4) is 0 Å². The highest BCUT2D eigenvalue weighted by molar-refractivity contribution is 7.99. The number of thioether (sulfide) groups is 1. The Hall–Kier alpha value is -2.74. The van der Waals surface area contributed by atoms with E-state index in [-0.39, 0.29) is 18.6 Å². The van der Waals surface area contributed by atoms with E-state index in [1.165, 1.54) is 28.3 Å². The van der Waals surface area contributed by atoms with E-state index in [0.717, 1.165) is 17.7 Å². The Morgan fingerprint density at radius 3 is 2.81 bits per heavy atom. The predicted molar refractivity (Wildman–Crippen MR) is 97.7 cm³/mol. The smallest absolute Gasteiger partial charge is 0.307 e. The number of ether oxygens (including phenoxy) is 1. The van der Waals surface area contributed by atoms with E-state index in [4.69, 9.17) is 4.74 Å². The number of aryl methyl sites for hydroxylation is 1. The minimum atomic E-state index is -0.925. The van der Waals surface area contributed by atoms with E-state index < -0.39 is 17.6 Å². The van der Waals surface area contributed by atoms with Crippen molar-refractivity contribution in [1.29, 1.82) is 0 Å². The molecule has 1 aromatic carbocycles. The van der Waals surface area contributed by atoms with E-state index in [2.05, 4.69) is 4.98 Å². The van der Waals surface area contributed by atoms with Gasteiger partial charge in [0.1, 0.15) is 12.3 Å². The topological polar surface area (TPSA) is 60.7 Å². The average molecular weight is 390 g/mol. The van der Waals surface area contributed by atoms with Crippen molar-refractivity contribution in [3.05, 3.63) is 75.8 Å². The number of esters is 1. The van der Waals surface area contributed by atoms with Gasteiger partial charge in [0.15, 0.2) is 11.6 Å². The van der Waals surface area contributed by atoms with Gasteiger partial charge in [-0.25, -0.2) is 13.8 Å². The molecule has 0 aliphatic heterocycles. The molecule has 0 amide bonds. The first kappa shape index (κ1) is 19.0. The molecule has 0 atom stereocenters. The van der Waals surface area contributed by atoms with Crippen molar-refractivity contribution in [2.45, 2.75) is 24.8 Å². The fraction of sp³-hybridized carbons (Fsp3) is 0.211. The minimum Gasteiger partial charge on any atom is -0.459 e. The molecule has 0 bridgehead atoms. The molecule has 0 fully saturated rings. The third-order valence-electron chi connectivity index (χ3n) is 3.79. The summed E-state index contributed by atoms with van der Waals surface area (Å²) in [5.74, 6) is -1.94. The SMILES string of the molecule is Cc1cccn2c(=O)cc(COC(=O)CCSc3ccc(F)c(F)c3)nc12. The van der Waals surface area contributed by atoms with Gasteiger partial charge in [0.25, 0.3) is 5.56 Å². The lowest BCUT2D eigenvalue weighted by molar-refractivity contribution is -0.144. The highest BCUT2D eigenvalue weighted by atomic mass is 32.2. The Morgan fingerprint density at radius 2 is 2.04 bits per heavy atom. The molecule has 0 N–H and O–H groups in total. The zero-order valence-corrected chi connectivity index (χ0v) is 15.3. The molecule has 2 aromatic heterocycles. The van der Waals surface area contributed by atoms with Crippen molar-refractivity contribution in [1.82, 2.24) is 9.38 Å². The van der Waals surface area contributed by atoms with Crippen LogP contribution in [0, 0.1) is 18.6 Å². The molecular weight excluding hydrogens is 374 g/mol. The summed E-state index contributed by atoms with van der Waals surface area (Å²) in [6.45, 7) is 1.74. The van der Waals surface area contributed by atoms with Crippen LogP contribution in [0.5, 0.6) is 0 Å². The maximum Gasteiger partial charge on any atom is 0.307 e. The van der Waals surface area contributed by atoms with Gasteiger partial charge >= 0.3 is 5.97 Å². The van der Waals surface area contributed by atoms with Crippen LogP contribution in [-0.4, -0.2) is 21.1 Å². The average Bonchev–Trinajstić information content (AvgIpc) is 2.64. The van der Waals surface area contributed by atoms with Gasteiger partial charge in [-0.15, -0.1) is 11.8 Å². The van der Waals surface area contributed by atoms with Crippen LogP contribution in [0.25, 0.3) is 5.65 Å². The molecule has 8 heteroatoms. The molecule has 0 radical (unpaired) electrons. The van der Waals surface area contributed by atoms with E-state index in [1.807, 2.05) is 13.0 Å². The first-order chi connectivity index (χ1) is 12.9. The quantitative estimate of drug-likeness (QED) is 0.476. The minimum absolute atomic E-state index is 0.0925. The summed E-state index contributed by atoms with van der Waals surface area (Å²) < 4.78 is 32.6. The van der Waals surface area contributed by atoms with Crippen LogP contribution in [0.4, 0.5) is 8.78 Å². The van der Waals surface area contributed by atoms with Crippen LogP contribution in [-0.2, 0) is 16.1 Å². The largest absolute Gasteiger partial charge is 0.459 e. The fourth-order valence-electron chi connectivity index (χ4n) is 2.43. The number of benzene rings is 1. The number of aromatic nitrogens is 2. The van der Waals surface area contributed by atoms with E-state index in [0.29, 0.717) is 22.0 Å². The maximum absolute atomic E-state index is 13.1. The van der Waals surface area contributed by atoms with Gasteiger partial charge in [-0.3, -0.25) is 14.0 Å². The molecular formula is C19H16F2N2O3S. The number of rotatable bonds is 6. The highest BCUT2D eigenvalue weighted by Crippen LogP contribution is 2.21. The molecule has 5 nitrogen and oxygen atoms in total. The number of carbonyl (C=O) groups is 1. The van der Waals surface area contributed by atoms with Crippen LogP contribution < -0.4 is 5.56 Å². The van der Waals surface area contributed by atoms with Crippen LogP contribution in [0.15, 0.2) is 52.3 Å². The molecule has 2 heterocycles. The Kier molecular flexibility index (Phi) is 5.85. The van der Waals surface area contributed by atoms with Crippen molar-refractivity contribution in [3.63, 3.8) is 0 Å². The molecule has 0 saturated carbocycles. The van der Waals surface area contributed by atoms with Crippen molar-refractivity contribution in [3.8, 4) is 0 Å². The van der Waals surface area contributed by atoms with Crippen molar-refractivity contribution in [2.24, 2.45) is 0 Å². The van der Waals surface area contributed by atoms with E-state index >= 15 is 0 Å². The molecule has 0 saturated heterocycles. The maximum atomic E-state index is 13.1. The summed E-state index contributed by atoms with van der Waals surface area (Å²) in [6.07, 6.45) is 1.72. The molecule has 0 aliphatic rings. The van der Waals surface area contributed by atoms with Crippen LogP contribution in [0.2, 0.25) is 0 Å². The molecule has 0 aliphatic carbocycles. The van der Waals surface area contributed by atoms with Gasteiger partial charge < -0.3 is 4.74 Å². The lowest BCUT2D eigenvalue weighted by atomic mass is 10.3. The standard InChI is InChI=1S/C19H16F2N2O3S/c1-12-3-2-7-23-17(24)9-13(22-19(12)23)11-26-18(25)6-8-27-14-4-5-15(20)16(21)10-14/h2-5,7,9-10H,6,8,11H2,1H3. The normalized spacial score (nSPS) is 10.9. The van der Waals surface area contributed by atoms with Gasteiger partial charge in [0, 0.05) is 22.9 Å². The number of pyridine rings is 1. The van der Waals surface area contributed by atoms with E-state index in [9.17, 15) is 18.4 Å². The first-order valence-electron chi connectivity index (χ1n) is 8.15. The number of hydrogen-bond donors (Lipinski definition) is 0. The van der Waals surface area contributed by atoms with Gasteiger partial charge in [-0.1, -0.05) is 6.07 Å². The number of fused-ring (bicyclic) bond motifs is 1. The second-order valence-electron chi connectivity index (χ2n) is 5.81. The van der Waals surface area contributed by atoms with Gasteiger partial charge in [0.2, 0.25) is 0 Å². The number of hydrogen-bond acceptors (Lipinski definition) is 5. The van der Waals surface area contributed by atoms with Crippen molar-refractivity contribution in [2.75, 3.05) is 5.75 Å². The number of carbonyl (C=O) groups excluding carboxylic acids is 1. The van der Waals surface area contributed by atoms with Crippen LogP contribution >= 0.6 is 11.8 Å². The molecule has 0 unspecified atom stereocenters. The molecule has 27 heavy (non-hydrogen) atoms. The third kappa shape index (κ3) is 4.71. The van der Waals surface area contributed by atoms with Gasteiger partial charge in [-0.05, 0) is 36.8 Å². The molecule has 140 valence electrons. The summed E-state index contributed by atoms with van der Waals surface area (Å²) >= 11 is 1.22. The number of halogens is 2. The fourth-order valence-corrected chi connectivity index (χ4v) is 3.28. The predicted octanol–water partition coefficient (Wildman–Crippen LogP) is 3.51. The Morgan fingerprint density at radius 1 is 1.22 bits per heavy atom. The lowest BCUT2D eigenvalue weighted by Crippen LogP contribution is -2.17. The Bertz CT molecular complexity index is 1050. The zero-order valence-electron chi connectivity index (χ0n) is 14.4. The summed E-state index contributed by atoms with van der Waals surface area (Å²) in [5.41, 5.74) is 1.48. The second-order valence-corrected chi connectivity index (χ2v) is 6.97. The Labute approximate surface area is 158 Å². The summed E-state index contributed by atoms with van der Waals surface area (Å²) in [5, 5.41) is 0. The monoisotopic (exact) mass is 390 g/mol.